The first-order chi connectivity index (χ1) is 4.88. The summed E-state index contributed by atoms with van der Waals surface area (Å²) in [4.78, 5) is 0. The third-order valence-corrected chi connectivity index (χ3v) is 1.57. The van der Waals surface area contributed by atoms with Gasteiger partial charge in [0.15, 0.2) is 0 Å². The zero-order chi connectivity index (χ0) is 6.97. The fourth-order valence-corrected chi connectivity index (χ4v) is 1.03. The molecule has 1 aliphatic heterocycles. The summed E-state index contributed by atoms with van der Waals surface area (Å²) < 4.78 is 0. The summed E-state index contributed by atoms with van der Waals surface area (Å²) in [5.41, 5.74) is 7.60. The number of hydrogen-bond acceptors (Lipinski definition) is 3. The molecule has 1 heterocycles. The van der Waals surface area contributed by atoms with Crippen LogP contribution < -0.4 is 5.73 Å². The van der Waals surface area contributed by atoms with E-state index < -0.39 is 0 Å². The molecule has 10 heavy (non-hydrogen) atoms. The van der Waals surface area contributed by atoms with Crippen LogP contribution in [0.4, 0.5) is 0 Å². The van der Waals surface area contributed by atoms with Crippen molar-refractivity contribution in [1.82, 2.24) is 0 Å². The number of fused-ring (bicyclic) bond motifs is 1. The molecule has 0 amide bonds. The minimum Gasteiger partial charge on any atom is -0.319 e. The number of nitrogens with zero attached hydrogens (tertiary/aromatic N) is 2. The minimum absolute atomic E-state index is 0.0671. The summed E-state index contributed by atoms with van der Waals surface area (Å²) in [7, 11) is 0. The lowest BCUT2D eigenvalue weighted by Crippen LogP contribution is -2.30. The van der Waals surface area contributed by atoms with Crippen molar-refractivity contribution in [2.45, 2.75) is 6.04 Å². The molecule has 2 rings (SSSR count). The summed E-state index contributed by atoms with van der Waals surface area (Å²) in [6.45, 7) is 0. The first kappa shape index (κ1) is 5.56. The van der Waals surface area contributed by atoms with Crippen LogP contribution in [0.3, 0.4) is 0 Å². The van der Waals surface area contributed by atoms with Gasteiger partial charge in [-0.3, -0.25) is 0 Å². The molecule has 0 unspecified atom stereocenters. The normalized spacial score (nSPS) is 27.9. The van der Waals surface area contributed by atoms with Gasteiger partial charge in [0, 0.05) is 5.57 Å². The number of hydrogen-bond donors (Lipinski definition) is 1. The van der Waals surface area contributed by atoms with Crippen LogP contribution >= 0.6 is 0 Å². The molecule has 0 aromatic heterocycles. The molecule has 1 atom stereocenters. The average Bonchev–Trinajstić information content (AvgIpc) is 2.36. The highest BCUT2D eigenvalue weighted by Gasteiger charge is 2.17. The molecule has 3 nitrogen and oxygen atoms in total. The van der Waals surface area contributed by atoms with Crippen molar-refractivity contribution in [1.29, 1.82) is 0 Å². The van der Waals surface area contributed by atoms with Gasteiger partial charge in [-0.1, -0.05) is 18.2 Å². The zero-order valence-electron chi connectivity index (χ0n) is 5.36. The maximum Gasteiger partial charge on any atom is 0.0925 e. The van der Waals surface area contributed by atoms with Crippen LogP contribution in [0.5, 0.6) is 0 Å². The molecule has 3 heteroatoms. The Morgan fingerprint density at radius 1 is 1.50 bits per heavy atom. The molecule has 2 N–H and O–H groups in total. The van der Waals surface area contributed by atoms with Crippen LogP contribution in [-0.2, 0) is 0 Å². The minimum atomic E-state index is -0.0671. The quantitative estimate of drug-likeness (QED) is 0.506. The van der Waals surface area contributed by atoms with Gasteiger partial charge in [0.1, 0.15) is 0 Å². The van der Waals surface area contributed by atoms with Crippen molar-refractivity contribution in [3.05, 3.63) is 23.8 Å². The second-order valence-electron chi connectivity index (χ2n) is 2.26. The first-order valence-electron chi connectivity index (χ1n) is 3.13. The highest BCUT2D eigenvalue weighted by molar-refractivity contribution is 6.22. The van der Waals surface area contributed by atoms with Crippen molar-refractivity contribution in [2.75, 3.05) is 0 Å². The first-order valence-corrected chi connectivity index (χ1v) is 3.13. The predicted molar refractivity (Wildman–Crippen MR) is 41.1 cm³/mol. The topological polar surface area (TPSA) is 50.7 Å². The van der Waals surface area contributed by atoms with Gasteiger partial charge < -0.3 is 5.73 Å². The largest absolute Gasteiger partial charge is 0.319 e. The smallest absolute Gasteiger partial charge is 0.0925 e. The van der Waals surface area contributed by atoms with Crippen molar-refractivity contribution in [2.24, 2.45) is 15.9 Å². The Hall–Kier alpha value is -1.22. The average molecular weight is 133 g/mol. The molecule has 0 fully saturated rings. The highest BCUT2D eigenvalue weighted by atomic mass is 15.2. The number of nitrogens with two attached hydrogens (primary N) is 1. The Labute approximate surface area is 58.6 Å². The van der Waals surface area contributed by atoms with Gasteiger partial charge >= 0.3 is 0 Å². The van der Waals surface area contributed by atoms with Gasteiger partial charge in [0.2, 0.25) is 0 Å². The van der Waals surface area contributed by atoms with E-state index in [1.165, 1.54) is 0 Å². The molecule has 2 aliphatic rings. The summed E-state index contributed by atoms with van der Waals surface area (Å²) in [6.07, 6.45) is 7.50. The highest BCUT2D eigenvalue weighted by Crippen LogP contribution is 2.11. The monoisotopic (exact) mass is 133 g/mol. The van der Waals surface area contributed by atoms with E-state index >= 15 is 0 Å². The molecule has 50 valence electrons. The molecule has 0 aromatic rings. The molecular weight excluding hydrogens is 126 g/mol. The van der Waals surface area contributed by atoms with Gasteiger partial charge in [0.25, 0.3) is 0 Å². The number of allylic oxidation sites excluding steroid dienone is 2. The van der Waals surface area contributed by atoms with Crippen molar-refractivity contribution in [3.63, 3.8) is 0 Å². The van der Waals surface area contributed by atoms with E-state index in [0.29, 0.717) is 0 Å². The standard InChI is InChI=1S/C7H7N3/c8-6-3-1-2-5-4-9-10-7(5)6/h1-4,6H,8H2/t6-/m1/s1. The van der Waals surface area contributed by atoms with E-state index in [9.17, 15) is 0 Å². The van der Waals surface area contributed by atoms with Gasteiger partial charge in [0.05, 0.1) is 18.0 Å². The fraction of sp³-hybridized carbons (Fsp3) is 0.143. The lowest BCUT2D eigenvalue weighted by Gasteiger charge is -2.09. The molecule has 0 radical (unpaired) electrons. The van der Waals surface area contributed by atoms with E-state index in [2.05, 4.69) is 10.2 Å². The van der Waals surface area contributed by atoms with Crippen molar-refractivity contribution >= 4 is 11.9 Å². The second kappa shape index (κ2) is 1.88. The van der Waals surface area contributed by atoms with Crippen LogP contribution in [0, 0.1) is 0 Å². The fourth-order valence-electron chi connectivity index (χ4n) is 1.03. The molecule has 0 saturated carbocycles. The van der Waals surface area contributed by atoms with Gasteiger partial charge in [-0.05, 0) is 0 Å². The van der Waals surface area contributed by atoms with E-state index in [4.69, 9.17) is 5.73 Å². The van der Waals surface area contributed by atoms with Gasteiger partial charge in [-0.15, -0.1) is 0 Å². The van der Waals surface area contributed by atoms with E-state index in [1.54, 1.807) is 6.21 Å². The Bertz CT molecular complexity index is 271. The van der Waals surface area contributed by atoms with Crippen molar-refractivity contribution < 1.29 is 0 Å². The summed E-state index contributed by atoms with van der Waals surface area (Å²) in [6, 6.07) is -0.0671. The Morgan fingerprint density at radius 2 is 2.40 bits per heavy atom. The molecular formula is C7H7N3. The van der Waals surface area contributed by atoms with Crippen LogP contribution in [-0.4, -0.2) is 18.0 Å². The van der Waals surface area contributed by atoms with Gasteiger partial charge in [-0.25, -0.2) is 0 Å². The van der Waals surface area contributed by atoms with E-state index in [-0.39, 0.29) is 6.04 Å². The van der Waals surface area contributed by atoms with Crippen LogP contribution in [0.1, 0.15) is 0 Å². The van der Waals surface area contributed by atoms with Gasteiger partial charge in [-0.2, -0.15) is 10.2 Å². The second-order valence-corrected chi connectivity index (χ2v) is 2.26. The maximum atomic E-state index is 5.68. The summed E-state index contributed by atoms with van der Waals surface area (Å²) >= 11 is 0. The number of rotatable bonds is 0. The Balaban J connectivity index is 2.45. The molecule has 0 saturated heterocycles. The third kappa shape index (κ3) is 0.642. The summed E-state index contributed by atoms with van der Waals surface area (Å²) in [5, 5.41) is 7.63. The third-order valence-electron chi connectivity index (χ3n) is 1.57. The van der Waals surface area contributed by atoms with E-state index in [1.807, 2.05) is 18.2 Å². The predicted octanol–water partition coefficient (Wildman–Crippen LogP) is 0.250. The van der Waals surface area contributed by atoms with Crippen LogP contribution in [0.25, 0.3) is 0 Å². The Kier molecular flexibility index (Phi) is 1.05. The Morgan fingerprint density at radius 3 is 3.20 bits per heavy atom. The molecule has 0 bridgehead atoms. The lowest BCUT2D eigenvalue weighted by molar-refractivity contribution is 1.06. The maximum absolute atomic E-state index is 5.68. The SMILES string of the molecule is N[C@@H]1C=CC=C2C=NN=C21. The van der Waals surface area contributed by atoms with Crippen LogP contribution in [0.2, 0.25) is 0 Å². The van der Waals surface area contributed by atoms with E-state index in [0.717, 1.165) is 11.3 Å². The molecule has 0 aromatic carbocycles. The molecule has 1 aliphatic carbocycles. The summed E-state index contributed by atoms with van der Waals surface area (Å²) in [5.74, 6) is 0. The zero-order valence-corrected chi connectivity index (χ0v) is 5.36. The van der Waals surface area contributed by atoms with Crippen molar-refractivity contribution in [3.8, 4) is 0 Å². The lowest BCUT2D eigenvalue weighted by atomic mass is 10.0. The molecule has 0 spiro atoms. The van der Waals surface area contributed by atoms with Crippen LogP contribution in [0.15, 0.2) is 34.0 Å².